The number of pyridine rings is 1. The molecule has 0 unspecified atom stereocenters. The van der Waals surface area contributed by atoms with Crippen molar-refractivity contribution in [1.29, 1.82) is 5.41 Å². The third kappa shape index (κ3) is 5.80. The molecule has 2 aromatic heterocycles. The van der Waals surface area contributed by atoms with Crippen LogP contribution in [0, 0.1) is 5.41 Å². The van der Waals surface area contributed by atoms with Crippen LogP contribution < -0.4 is 20.5 Å². The predicted octanol–water partition coefficient (Wildman–Crippen LogP) is 2.89. The van der Waals surface area contributed by atoms with E-state index in [9.17, 15) is 9.59 Å². The molecule has 0 bridgehead atoms. The predicted molar refractivity (Wildman–Crippen MR) is 146 cm³/mol. The number of benzene rings is 2. The molecule has 2 aromatic carbocycles. The number of amidine groups is 1. The molecule has 0 saturated carbocycles. The Labute approximate surface area is 221 Å². The fraction of sp³-hybridized carbons (Fsp3) is 0.250. The second-order valence-electron chi connectivity index (χ2n) is 8.82. The van der Waals surface area contributed by atoms with E-state index < -0.39 is 0 Å². The SMILES string of the molecule is CCOC(=O)CCN(C(=O)c1ccc2c(c1)nc(CNc1ccc(C(=N)N)cc1)n2C)c1cccc[n+]1C. The number of fused-ring (bicyclic) bond motifs is 1. The number of carbonyl (C=O) groups excluding carboxylic acids is 2. The highest BCUT2D eigenvalue weighted by Gasteiger charge is 2.29. The molecule has 4 aromatic rings. The van der Waals surface area contributed by atoms with Crippen LogP contribution in [0.4, 0.5) is 11.5 Å². The van der Waals surface area contributed by atoms with Crippen LogP contribution >= 0.6 is 0 Å². The molecule has 4 rings (SSSR count). The minimum atomic E-state index is -0.350. The number of hydrogen-bond acceptors (Lipinski definition) is 6. The van der Waals surface area contributed by atoms with Crippen LogP contribution in [0.5, 0.6) is 0 Å². The normalized spacial score (nSPS) is 10.8. The van der Waals surface area contributed by atoms with Gasteiger partial charge in [-0.2, -0.15) is 4.90 Å². The van der Waals surface area contributed by atoms with Crippen molar-refractivity contribution in [1.82, 2.24) is 9.55 Å². The van der Waals surface area contributed by atoms with Crippen LogP contribution in [-0.4, -0.2) is 40.4 Å². The third-order valence-electron chi connectivity index (χ3n) is 6.26. The minimum Gasteiger partial charge on any atom is -0.466 e. The van der Waals surface area contributed by atoms with Gasteiger partial charge in [-0.3, -0.25) is 10.2 Å². The van der Waals surface area contributed by atoms with Gasteiger partial charge in [-0.05, 0) is 55.5 Å². The van der Waals surface area contributed by atoms with Crippen molar-refractivity contribution in [2.24, 2.45) is 19.8 Å². The van der Waals surface area contributed by atoms with Gasteiger partial charge in [-0.15, -0.1) is 0 Å². The highest BCUT2D eigenvalue weighted by molar-refractivity contribution is 6.07. The molecule has 0 radical (unpaired) electrons. The lowest BCUT2D eigenvalue weighted by atomic mass is 10.1. The Balaban J connectivity index is 1.57. The topological polar surface area (TPSA) is 130 Å². The lowest BCUT2D eigenvalue weighted by Crippen LogP contribution is -2.43. The molecule has 4 N–H and O–H groups in total. The average molecular weight is 515 g/mol. The van der Waals surface area contributed by atoms with Crippen molar-refractivity contribution in [2.45, 2.75) is 19.9 Å². The molecule has 0 aliphatic heterocycles. The van der Waals surface area contributed by atoms with Crippen molar-refractivity contribution >= 4 is 40.3 Å². The second-order valence-corrected chi connectivity index (χ2v) is 8.82. The smallest absolute Gasteiger partial charge is 0.341 e. The van der Waals surface area contributed by atoms with E-state index in [4.69, 9.17) is 20.9 Å². The highest BCUT2D eigenvalue weighted by Crippen LogP contribution is 2.21. The second kappa shape index (κ2) is 11.5. The molecule has 0 spiro atoms. The molecule has 196 valence electrons. The van der Waals surface area contributed by atoms with Crippen LogP contribution in [0.2, 0.25) is 0 Å². The number of carbonyl (C=O) groups is 2. The number of esters is 1. The first-order valence-electron chi connectivity index (χ1n) is 12.3. The monoisotopic (exact) mass is 514 g/mol. The summed E-state index contributed by atoms with van der Waals surface area (Å²) in [5, 5.41) is 10.9. The summed E-state index contributed by atoms with van der Waals surface area (Å²) in [7, 11) is 3.79. The number of hydrogen-bond donors (Lipinski definition) is 3. The first kappa shape index (κ1) is 26.3. The van der Waals surface area contributed by atoms with E-state index in [0.29, 0.717) is 35.6 Å². The Kier molecular flexibility index (Phi) is 8.00. The molecule has 0 aliphatic carbocycles. The van der Waals surface area contributed by atoms with Crippen LogP contribution in [0.15, 0.2) is 66.9 Å². The van der Waals surface area contributed by atoms with Gasteiger partial charge in [0.1, 0.15) is 18.2 Å². The maximum Gasteiger partial charge on any atom is 0.341 e. The zero-order chi connectivity index (χ0) is 27.2. The van der Waals surface area contributed by atoms with E-state index in [2.05, 4.69) is 5.32 Å². The number of aryl methyl sites for hydroxylation is 2. The maximum atomic E-state index is 13.7. The van der Waals surface area contributed by atoms with Crippen LogP contribution in [0.1, 0.15) is 35.1 Å². The first-order valence-corrected chi connectivity index (χ1v) is 12.3. The number of nitrogens with one attached hydrogen (secondary N) is 2. The summed E-state index contributed by atoms with van der Waals surface area (Å²) < 4.78 is 8.90. The number of rotatable bonds is 10. The van der Waals surface area contributed by atoms with E-state index in [-0.39, 0.29) is 30.7 Å². The number of ether oxygens (including phenoxy) is 1. The molecule has 10 nitrogen and oxygen atoms in total. The van der Waals surface area contributed by atoms with Crippen molar-refractivity contribution in [3.8, 4) is 0 Å². The van der Waals surface area contributed by atoms with Gasteiger partial charge in [0.05, 0.1) is 49.4 Å². The molecule has 1 amide bonds. The fourth-order valence-corrected chi connectivity index (χ4v) is 4.20. The summed E-state index contributed by atoms with van der Waals surface area (Å²) in [5.41, 5.74) is 9.14. The molecule has 0 saturated heterocycles. The molecular weight excluding hydrogens is 482 g/mol. The van der Waals surface area contributed by atoms with Gasteiger partial charge >= 0.3 is 11.9 Å². The van der Waals surface area contributed by atoms with Gasteiger partial charge in [0, 0.05) is 24.4 Å². The van der Waals surface area contributed by atoms with E-state index in [0.717, 1.165) is 17.0 Å². The summed E-state index contributed by atoms with van der Waals surface area (Å²) in [6, 6.07) is 18.3. The molecular formula is C28H32N7O3+. The zero-order valence-corrected chi connectivity index (χ0v) is 21.8. The highest BCUT2D eigenvalue weighted by atomic mass is 16.5. The van der Waals surface area contributed by atoms with Crippen LogP contribution in [0.25, 0.3) is 11.0 Å². The summed E-state index contributed by atoms with van der Waals surface area (Å²) in [4.78, 5) is 32.1. The Morgan fingerprint density at radius 3 is 2.55 bits per heavy atom. The standard InChI is InChI=1S/C28H32N7O3/c1-4-38-26(36)14-16-35(25-7-5-6-15-33(25)2)28(37)20-10-13-23-22(17-20)32-24(34(23)3)18-31-21-11-8-19(9-12-21)27(29)30/h5-13,15,17,31H,4,14,16,18H2,1-3H3,(H3,29,30)/q+1. The summed E-state index contributed by atoms with van der Waals surface area (Å²) in [5.74, 6) is 0.918. The van der Waals surface area contributed by atoms with E-state index in [1.807, 2.05) is 65.8 Å². The number of nitrogen functional groups attached to an aromatic ring is 1. The van der Waals surface area contributed by atoms with Gasteiger partial charge in [-0.25, -0.2) is 14.3 Å². The van der Waals surface area contributed by atoms with Crippen LogP contribution in [-0.2, 0) is 30.2 Å². The number of amides is 1. The van der Waals surface area contributed by atoms with Gasteiger partial charge in [0.2, 0.25) is 0 Å². The van der Waals surface area contributed by atoms with Crippen molar-refractivity contribution in [3.05, 3.63) is 83.8 Å². The summed E-state index contributed by atoms with van der Waals surface area (Å²) in [6.07, 6.45) is 1.94. The lowest BCUT2D eigenvalue weighted by molar-refractivity contribution is -0.658. The van der Waals surface area contributed by atoms with Gasteiger partial charge in [0.15, 0.2) is 0 Å². The lowest BCUT2D eigenvalue weighted by Gasteiger charge is -2.16. The Hall–Kier alpha value is -4.73. The third-order valence-corrected chi connectivity index (χ3v) is 6.26. The Morgan fingerprint density at radius 1 is 1.13 bits per heavy atom. The number of imidazole rings is 1. The average Bonchev–Trinajstić information content (AvgIpc) is 3.23. The molecule has 10 heteroatoms. The van der Waals surface area contributed by atoms with E-state index in [1.54, 1.807) is 36.1 Å². The number of nitrogens with two attached hydrogens (primary N) is 1. The summed E-state index contributed by atoms with van der Waals surface area (Å²) >= 11 is 0. The Morgan fingerprint density at radius 2 is 1.87 bits per heavy atom. The van der Waals surface area contributed by atoms with E-state index in [1.165, 1.54) is 0 Å². The van der Waals surface area contributed by atoms with Gasteiger partial charge in [-0.1, -0.05) is 6.07 Å². The number of nitrogens with zero attached hydrogens (tertiary/aromatic N) is 4. The quantitative estimate of drug-likeness (QED) is 0.129. The first-order chi connectivity index (χ1) is 18.3. The maximum absolute atomic E-state index is 13.7. The molecule has 0 fully saturated rings. The van der Waals surface area contributed by atoms with Crippen LogP contribution in [0.3, 0.4) is 0 Å². The summed E-state index contributed by atoms with van der Waals surface area (Å²) in [6.45, 7) is 2.71. The van der Waals surface area contributed by atoms with Gasteiger partial charge in [0.25, 0.3) is 5.82 Å². The number of anilines is 2. The van der Waals surface area contributed by atoms with Crippen molar-refractivity contribution in [3.63, 3.8) is 0 Å². The van der Waals surface area contributed by atoms with Crippen molar-refractivity contribution in [2.75, 3.05) is 23.4 Å². The Bertz CT molecular complexity index is 1480. The molecule has 0 atom stereocenters. The van der Waals surface area contributed by atoms with Gasteiger partial charge < -0.3 is 20.4 Å². The molecule has 38 heavy (non-hydrogen) atoms. The number of aromatic nitrogens is 3. The molecule has 0 aliphatic rings. The zero-order valence-electron chi connectivity index (χ0n) is 21.8. The van der Waals surface area contributed by atoms with E-state index >= 15 is 0 Å². The fourth-order valence-electron chi connectivity index (χ4n) is 4.20. The molecule has 2 heterocycles. The largest absolute Gasteiger partial charge is 0.466 e. The van der Waals surface area contributed by atoms with Crippen molar-refractivity contribution < 1.29 is 18.9 Å². The minimum absolute atomic E-state index is 0.0257.